The van der Waals surface area contributed by atoms with E-state index in [1.54, 1.807) is 42.5 Å². The minimum Gasteiger partial charge on any atom is -0.482 e. The number of azo groups is 1. The largest absolute Gasteiger partial charge is 0.482 e. The summed E-state index contributed by atoms with van der Waals surface area (Å²) in [5.41, 5.74) is 2.07. The van der Waals surface area contributed by atoms with Gasteiger partial charge in [0.15, 0.2) is 6.61 Å². The highest BCUT2D eigenvalue weighted by molar-refractivity contribution is 6.34. The monoisotopic (exact) mass is 399 g/mol. The first kappa shape index (κ1) is 18.9. The minimum atomic E-state index is -0.315. The van der Waals surface area contributed by atoms with Gasteiger partial charge < -0.3 is 10.1 Å². The molecule has 3 aromatic rings. The maximum Gasteiger partial charge on any atom is 0.262 e. The van der Waals surface area contributed by atoms with Crippen LogP contribution in [0.2, 0.25) is 10.0 Å². The van der Waals surface area contributed by atoms with E-state index in [9.17, 15) is 4.79 Å². The van der Waals surface area contributed by atoms with Crippen molar-refractivity contribution in [2.75, 3.05) is 11.9 Å². The maximum absolute atomic E-state index is 12.0. The summed E-state index contributed by atoms with van der Waals surface area (Å²) in [7, 11) is 0. The quantitative estimate of drug-likeness (QED) is 0.485. The fourth-order valence-electron chi connectivity index (χ4n) is 2.15. The highest BCUT2D eigenvalue weighted by Gasteiger charge is 2.07. The molecule has 0 radical (unpaired) electrons. The number of halogens is 2. The molecule has 136 valence electrons. The molecule has 3 rings (SSSR count). The van der Waals surface area contributed by atoms with Gasteiger partial charge in [0.25, 0.3) is 5.91 Å². The second-order valence-electron chi connectivity index (χ2n) is 5.49. The zero-order valence-corrected chi connectivity index (χ0v) is 15.6. The number of benzene rings is 3. The standard InChI is InChI=1S/C20H15Cl2N3O2/c21-14-6-11-18(22)19(12-14)27-13-20(26)23-15-7-9-17(10-8-15)25-24-16-4-2-1-3-5-16/h1-12H,13H2,(H,23,26). The Morgan fingerprint density at radius 1 is 0.889 bits per heavy atom. The molecule has 0 heterocycles. The van der Waals surface area contributed by atoms with Gasteiger partial charge in [-0.3, -0.25) is 4.79 Å². The lowest BCUT2D eigenvalue weighted by atomic mass is 10.3. The van der Waals surface area contributed by atoms with E-state index in [-0.39, 0.29) is 12.5 Å². The van der Waals surface area contributed by atoms with Crippen molar-refractivity contribution in [1.82, 2.24) is 0 Å². The van der Waals surface area contributed by atoms with Crippen molar-refractivity contribution in [1.29, 1.82) is 0 Å². The molecule has 27 heavy (non-hydrogen) atoms. The second kappa shape index (κ2) is 9.16. The lowest BCUT2D eigenvalue weighted by Crippen LogP contribution is -2.20. The van der Waals surface area contributed by atoms with Gasteiger partial charge >= 0.3 is 0 Å². The van der Waals surface area contributed by atoms with Gasteiger partial charge in [0, 0.05) is 16.8 Å². The molecule has 0 saturated carbocycles. The Balaban J connectivity index is 1.54. The van der Waals surface area contributed by atoms with Gasteiger partial charge in [-0.25, -0.2) is 0 Å². The van der Waals surface area contributed by atoms with Crippen LogP contribution < -0.4 is 10.1 Å². The smallest absolute Gasteiger partial charge is 0.262 e. The van der Waals surface area contributed by atoms with Crippen molar-refractivity contribution in [3.63, 3.8) is 0 Å². The van der Waals surface area contributed by atoms with Crippen molar-refractivity contribution < 1.29 is 9.53 Å². The zero-order valence-electron chi connectivity index (χ0n) is 14.1. The van der Waals surface area contributed by atoms with Crippen LogP contribution in [-0.4, -0.2) is 12.5 Å². The molecule has 0 aliphatic carbocycles. The summed E-state index contributed by atoms with van der Waals surface area (Å²) in [5, 5.41) is 11.9. The van der Waals surface area contributed by atoms with Crippen LogP contribution in [0.5, 0.6) is 5.75 Å². The molecule has 3 aromatic carbocycles. The van der Waals surface area contributed by atoms with Crippen LogP contribution in [0.25, 0.3) is 0 Å². The van der Waals surface area contributed by atoms with Crippen LogP contribution in [-0.2, 0) is 4.79 Å². The maximum atomic E-state index is 12.0. The summed E-state index contributed by atoms with van der Waals surface area (Å²) in [6.07, 6.45) is 0. The highest BCUT2D eigenvalue weighted by Crippen LogP contribution is 2.27. The van der Waals surface area contributed by atoms with Crippen LogP contribution >= 0.6 is 23.2 Å². The molecular formula is C20H15Cl2N3O2. The summed E-state index contributed by atoms with van der Waals surface area (Å²) in [5.74, 6) is 0.0423. The van der Waals surface area contributed by atoms with Gasteiger partial charge in [0.1, 0.15) is 5.75 Å². The molecule has 0 aliphatic rings. The van der Waals surface area contributed by atoms with Crippen molar-refractivity contribution in [3.05, 3.63) is 82.8 Å². The van der Waals surface area contributed by atoms with Crippen molar-refractivity contribution in [2.24, 2.45) is 10.2 Å². The van der Waals surface area contributed by atoms with E-state index >= 15 is 0 Å². The first-order chi connectivity index (χ1) is 13.1. The number of nitrogens with one attached hydrogen (secondary N) is 1. The predicted octanol–water partition coefficient (Wildman–Crippen LogP) is 6.43. The van der Waals surface area contributed by atoms with E-state index in [1.165, 1.54) is 0 Å². The van der Waals surface area contributed by atoms with Crippen LogP contribution in [0.1, 0.15) is 0 Å². The zero-order chi connectivity index (χ0) is 19.1. The lowest BCUT2D eigenvalue weighted by Gasteiger charge is -2.09. The average Bonchev–Trinajstić information content (AvgIpc) is 2.69. The van der Waals surface area contributed by atoms with Gasteiger partial charge in [-0.2, -0.15) is 10.2 Å². The molecule has 0 aliphatic heterocycles. The molecule has 0 bridgehead atoms. The Kier molecular flexibility index (Phi) is 6.41. The molecule has 0 spiro atoms. The fraction of sp³-hybridized carbons (Fsp3) is 0.0500. The minimum absolute atomic E-state index is 0.185. The second-order valence-corrected chi connectivity index (χ2v) is 6.34. The molecular weight excluding hydrogens is 385 g/mol. The van der Waals surface area contributed by atoms with E-state index < -0.39 is 0 Å². The van der Waals surface area contributed by atoms with E-state index in [4.69, 9.17) is 27.9 Å². The first-order valence-corrected chi connectivity index (χ1v) is 8.80. The molecule has 0 saturated heterocycles. The average molecular weight is 400 g/mol. The predicted molar refractivity (Wildman–Crippen MR) is 108 cm³/mol. The molecule has 1 N–H and O–H groups in total. The lowest BCUT2D eigenvalue weighted by molar-refractivity contribution is -0.118. The van der Waals surface area contributed by atoms with E-state index in [0.29, 0.717) is 27.2 Å². The molecule has 5 nitrogen and oxygen atoms in total. The van der Waals surface area contributed by atoms with Crippen LogP contribution in [0, 0.1) is 0 Å². The van der Waals surface area contributed by atoms with Crippen molar-refractivity contribution in [3.8, 4) is 5.75 Å². The number of carbonyl (C=O) groups excluding carboxylic acids is 1. The Bertz CT molecular complexity index is 945. The van der Waals surface area contributed by atoms with Gasteiger partial charge in [-0.15, -0.1) is 0 Å². The van der Waals surface area contributed by atoms with Crippen molar-refractivity contribution >= 4 is 46.2 Å². The Hall–Kier alpha value is -2.89. The number of ether oxygens (including phenoxy) is 1. The number of amides is 1. The van der Waals surface area contributed by atoms with E-state index in [1.807, 2.05) is 30.3 Å². The Morgan fingerprint density at radius 2 is 1.56 bits per heavy atom. The summed E-state index contributed by atoms with van der Waals surface area (Å²) in [4.78, 5) is 12.0. The highest BCUT2D eigenvalue weighted by atomic mass is 35.5. The van der Waals surface area contributed by atoms with Crippen LogP contribution in [0.4, 0.5) is 17.1 Å². The van der Waals surface area contributed by atoms with Gasteiger partial charge in [0.2, 0.25) is 0 Å². The summed E-state index contributed by atoms with van der Waals surface area (Å²) in [6, 6.07) is 21.3. The number of anilines is 1. The number of rotatable bonds is 6. The molecule has 0 atom stereocenters. The van der Waals surface area contributed by atoms with Crippen LogP contribution in [0.3, 0.4) is 0 Å². The number of hydrogen-bond donors (Lipinski definition) is 1. The van der Waals surface area contributed by atoms with Gasteiger partial charge in [-0.1, -0.05) is 41.4 Å². The number of carbonyl (C=O) groups is 1. The van der Waals surface area contributed by atoms with E-state index in [2.05, 4.69) is 15.5 Å². The number of nitrogens with zero attached hydrogens (tertiary/aromatic N) is 2. The molecule has 7 heteroatoms. The third-order valence-electron chi connectivity index (χ3n) is 3.44. The van der Waals surface area contributed by atoms with Gasteiger partial charge in [0.05, 0.1) is 16.4 Å². The topological polar surface area (TPSA) is 63.0 Å². The number of hydrogen-bond acceptors (Lipinski definition) is 4. The Labute approximate surface area is 166 Å². The normalized spacial score (nSPS) is 10.7. The van der Waals surface area contributed by atoms with E-state index in [0.717, 1.165) is 5.69 Å². The summed E-state index contributed by atoms with van der Waals surface area (Å²) in [6.45, 7) is -0.185. The third kappa shape index (κ3) is 5.81. The van der Waals surface area contributed by atoms with Gasteiger partial charge in [-0.05, 0) is 48.5 Å². The molecule has 0 fully saturated rings. The first-order valence-electron chi connectivity index (χ1n) is 8.05. The Morgan fingerprint density at radius 3 is 2.26 bits per heavy atom. The third-order valence-corrected chi connectivity index (χ3v) is 3.99. The fourth-order valence-corrected chi connectivity index (χ4v) is 2.48. The molecule has 0 aromatic heterocycles. The van der Waals surface area contributed by atoms with Crippen molar-refractivity contribution in [2.45, 2.75) is 0 Å². The molecule has 0 unspecified atom stereocenters. The summed E-state index contributed by atoms with van der Waals surface area (Å²) < 4.78 is 5.40. The SMILES string of the molecule is O=C(COc1cc(Cl)ccc1Cl)Nc1ccc(N=Nc2ccccc2)cc1. The molecule has 1 amide bonds. The summed E-state index contributed by atoms with van der Waals surface area (Å²) >= 11 is 11.9. The van der Waals surface area contributed by atoms with Crippen LogP contribution in [0.15, 0.2) is 83.0 Å².